The quantitative estimate of drug-likeness (QED) is 0.699. The van der Waals surface area contributed by atoms with Gasteiger partial charge < -0.3 is 0 Å². The van der Waals surface area contributed by atoms with Gasteiger partial charge in [0, 0.05) is 30.4 Å². The number of hydrogen-bond acceptors (Lipinski definition) is 1. The number of nitrogens with zero attached hydrogens (tertiary/aromatic N) is 1. The van der Waals surface area contributed by atoms with E-state index in [-0.39, 0.29) is 18.6 Å². The summed E-state index contributed by atoms with van der Waals surface area (Å²) in [6.07, 6.45) is 1.83. The largest absolute Gasteiger partial charge is 0.261 e. The Morgan fingerprint density at radius 1 is 1.23 bits per heavy atom. The van der Waals surface area contributed by atoms with Crippen molar-refractivity contribution in [3.8, 4) is 0 Å². The van der Waals surface area contributed by atoms with Gasteiger partial charge in [0.05, 0.1) is 0 Å². The summed E-state index contributed by atoms with van der Waals surface area (Å²) in [4.78, 5) is 4.20. The number of aryl methyl sites for hydroxylation is 1. The summed E-state index contributed by atoms with van der Waals surface area (Å²) in [5.74, 6) is 0.591. The molecule has 0 aliphatic rings. The first kappa shape index (κ1) is 15.2. The fourth-order valence-corrected chi connectivity index (χ4v) is 1.11. The molecule has 0 aliphatic heterocycles. The van der Waals surface area contributed by atoms with Crippen LogP contribution in [0.3, 0.4) is 0 Å². The molecule has 1 heterocycles. The minimum absolute atomic E-state index is 0. The average Bonchev–Trinajstić information content (AvgIpc) is 2.08. The first-order valence-electron chi connectivity index (χ1n) is 4.63. The van der Waals surface area contributed by atoms with E-state index in [2.05, 4.69) is 31.8 Å². The van der Waals surface area contributed by atoms with Gasteiger partial charge in [0.25, 0.3) is 0 Å². The van der Waals surface area contributed by atoms with E-state index in [9.17, 15) is 0 Å². The maximum atomic E-state index is 4.20. The molecule has 2 heteroatoms. The van der Waals surface area contributed by atoms with Gasteiger partial charge in [0.1, 0.15) is 0 Å². The van der Waals surface area contributed by atoms with Crippen LogP contribution in [0, 0.1) is 6.92 Å². The standard InChI is InChI=1S/C9H13N.C2H6.V/c1-7(2)9-5-4-6-10-8(9)3;1-2;/h4-7H,1-3H3;1-2H3;. The van der Waals surface area contributed by atoms with Crippen LogP contribution < -0.4 is 0 Å². The van der Waals surface area contributed by atoms with Gasteiger partial charge in [-0.3, -0.25) is 4.98 Å². The van der Waals surface area contributed by atoms with Crippen molar-refractivity contribution in [2.75, 3.05) is 0 Å². The summed E-state index contributed by atoms with van der Waals surface area (Å²) < 4.78 is 0. The minimum Gasteiger partial charge on any atom is -0.261 e. The van der Waals surface area contributed by atoms with Crippen LogP contribution in [0.2, 0.25) is 0 Å². The zero-order chi connectivity index (χ0) is 9.56. The topological polar surface area (TPSA) is 12.9 Å². The van der Waals surface area contributed by atoms with Crippen molar-refractivity contribution in [1.82, 2.24) is 4.98 Å². The Morgan fingerprint density at radius 2 is 1.77 bits per heavy atom. The molecular weight excluding hydrogens is 197 g/mol. The van der Waals surface area contributed by atoms with E-state index < -0.39 is 0 Å². The van der Waals surface area contributed by atoms with Crippen molar-refractivity contribution in [2.24, 2.45) is 0 Å². The maximum Gasteiger partial charge on any atom is 0.0407 e. The Bertz CT molecular complexity index is 221. The van der Waals surface area contributed by atoms with Gasteiger partial charge in [-0.1, -0.05) is 33.8 Å². The van der Waals surface area contributed by atoms with Crippen molar-refractivity contribution in [3.05, 3.63) is 29.6 Å². The molecule has 1 aromatic heterocycles. The monoisotopic (exact) mass is 216 g/mol. The molecule has 0 saturated carbocycles. The van der Waals surface area contributed by atoms with E-state index in [1.54, 1.807) is 0 Å². The minimum atomic E-state index is 0. The van der Waals surface area contributed by atoms with Gasteiger partial charge in [0.15, 0.2) is 0 Å². The second-order valence-electron chi connectivity index (χ2n) is 2.83. The Hall–Kier alpha value is -0.266. The van der Waals surface area contributed by atoms with Gasteiger partial charge >= 0.3 is 0 Å². The second kappa shape index (κ2) is 8.34. The van der Waals surface area contributed by atoms with Crippen molar-refractivity contribution >= 4 is 0 Å². The summed E-state index contributed by atoms with van der Waals surface area (Å²) in [6, 6.07) is 4.12. The molecule has 0 unspecified atom stereocenters. The smallest absolute Gasteiger partial charge is 0.0407 e. The molecule has 13 heavy (non-hydrogen) atoms. The van der Waals surface area contributed by atoms with E-state index in [1.807, 2.05) is 26.1 Å². The number of rotatable bonds is 1. The van der Waals surface area contributed by atoms with Crippen LogP contribution in [-0.4, -0.2) is 4.98 Å². The molecule has 0 atom stereocenters. The molecule has 1 aromatic rings. The van der Waals surface area contributed by atoms with Gasteiger partial charge in [0.2, 0.25) is 0 Å². The Morgan fingerprint density at radius 3 is 2.08 bits per heavy atom. The summed E-state index contributed by atoms with van der Waals surface area (Å²) in [5, 5.41) is 0. The Balaban J connectivity index is 0. The molecule has 73 valence electrons. The van der Waals surface area contributed by atoms with E-state index in [4.69, 9.17) is 0 Å². The Kier molecular flexibility index (Phi) is 9.76. The first-order valence-corrected chi connectivity index (χ1v) is 4.63. The van der Waals surface area contributed by atoms with Gasteiger partial charge in [-0.15, -0.1) is 0 Å². The fraction of sp³-hybridized carbons (Fsp3) is 0.545. The first-order chi connectivity index (χ1) is 5.72. The molecular formula is C11H19NV. The van der Waals surface area contributed by atoms with E-state index >= 15 is 0 Å². The SMILES string of the molecule is CC.Cc1ncccc1C(C)C.[V]. The molecule has 0 aromatic carbocycles. The normalized spacial score (nSPS) is 8.46. The van der Waals surface area contributed by atoms with Crippen LogP contribution in [0.5, 0.6) is 0 Å². The van der Waals surface area contributed by atoms with Crippen molar-refractivity contribution in [3.63, 3.8) is 0 Å². The van der Waals surface area contributed by atoms with Crippen LogP contribution in [0.4, 0.5) is 0 Å². The van der Waals surface area contributed by atoms with Crippen LogP contribution in [0.15, 0.2) is 18.3 Å². The van der Waals surface area contributed by atoms with Crippen LogP contribution in [-0.2, 0) is 18.6 Å². The second-order valence-corrected chi connectivity index (χ2v) is 2.83. The molecule has 0 bridgehead atoms. The molecule has 0 fully saturated rings. The third-order valence-electron chi connectivity index (χ3n) is 1.67. The molecule has 0 N–H and O–H groups in total. The zero-order valence-electron chi connectivity index (χ0n) is 9.20. The number of pyridine rings is 1. The molecule has 1 nitrogen and oxygen atoms in total. The fourth-order valence-electron chi connectivity index (χ4n) is 1.11. The summed E-state index contributed by atoms with van der Waals surface area (Å²) in [6.45, 7) is 10.4. The van der Waals surface area contributed by atoms with Crippen LogP contribution >= 0.6 is 0 Å². The summed E-state index contributed by atoms with van der Waals surface area (Å²) in [5.41, 5.74) is 2.50. The number of hydrogen-bond donors (Lipinski definition) is 0. The predicted octanol–water partition coefficient (Wildman–Crippen LogP) is 3.54. The van der Waals surface area contributed by atoms with Gasteiger partial charge in [-0.05, 0) is 24.5 Å². The summed E-state index contributed by atoms with van der Waals surface area (Å²) in [7, 11) is 0. The molecule has 1 radical (unpaired) electrons. The van der Waals surface area contributed by atoms with Crippen LogP contribution in [0.1, 0.15) is 44.9 Å². The van der Waals surface area contributed by atoms with E-state index in [0.717, 1.165) is 5.69 Å². The molecule has 0 aliphatic carbocycles. The van der Waals surface area contributed by atoms with Crippen molar-refractivity contribution in [2.45, 2.75) is 40.5 Å². The Labute approximate surface area is 93.9 Å². The average molecular weight is 216 g/mol. The van der Waals surface area contributed by atoms with E-state index in [0.29, 0.717) is 5.92 Å². The van der Waals surface area contributed by atoms with E-state index in [1.165, 1.54) is 5.56 Å². The molecule has 1 rings (SSSR count). The third kappa shape index (κ3) is 5.12. The maximum absolute atomic E-state index is 4.20. The zero-order valence-corrected chi connectivity index (χ0v) is 10.6. The van der Waals surface area contributed by atoms with Gasteiger partial charge in [-0.2, -0.15) is 0 Å². The van der Waals surface area contributed by atoms with Crippen molar-refractivity contribution < 1.29 is 18.6 Å². The molecule has 0 amide bonds. The van der Waals surface area contributed by atoms with Gasteiger partial charge in [-0.25, -0.2) is 0 Å². The summed E-state index contributed by atoms with van der Waals surface area (Å²) >= 11 is 0. The third-order valence-corrected chi connectivity index (χ3v) is 1.67. The van der Waals surface area contributed by atoms with Crippen molar-refractivity contribution in [1.29, 1.82) is 0 Å². The molecule has 0 spiro atoms. The predicted molar refractivity (Wildman–Crippen MR) is 54.4 cm³/mol. The molecule has 0 saturated heterocycles. The number of aromatic nitrogens is 1. The van der Waals surface area contributed by atoms with Crippen LogP contribution in [0.25, 0.3) is 0 Å².